The van der Waals surface area contributed by atoms with Gasteiger partial charge in [0.1, 0.15) is 5.65 Å². The van der Waals surface area contributed by atoms with E-state index in [1.807, 2.05) is 6.07 Å². The van der Waals surface area contributed by atoms with E-state index in [9.17, 15) is 14.7 Å². The van der Waals surface area contributed by atoms with Gasteiger partial charge in [0.2, 0.25) is 5.63 Å². The molecular formula is C11H5N2O4-. The lowest BCUT2D eigenvalue weighted by Gasteiger charge is -2.08. The number of pyridine rings is 1. The van der Waals surface area contributed by atoms with Gasteiger partial charge in [-0.1, -0.05) is 6.07 Å². The van der Waals surface area contributed by atoms with Crippen molar-refractivity contribution >= 4 is 16.7 Å². The second kappa shape index (κ2) is 3.18. The van der Waals surface area contributed by atoms with Crippen LogP contribution in [0.25, 0.3) is 16.7 Å². The van der Waals surface area contributed by atoms with E-state index < -0.39 is 16.9 Å². The summed E-state index contributed by atoms with van der Waals surface area (Å²) >= 11 is 0. The molecule has 0 atom stereocenters. The number of hydrogen-bond acceptors (Lipinski definition) is 5. The van der Waals surface area contributed by atoms with Crippen LogP contribution in [0.5, 0.6) is 5.75 Å². The zero-order chi connectivity index (χ0) is 12.0. The number of nitrogens with zero attached hydrogens (tertiary/aromatic N) is 2. The minimum absolute atomic E-state index is 0.159. The number of fused-ring (bicyclic) bond motifs is 2. The third kappa shape index (κ3) is 1.31. The first-order chi connectivity index (χ1) is 8.16. The summed E-state index contributed by atoms with van der Waals surface area (Å²) in [6, 6.07) is 6.94. The summed E-state index contributed by atoms with van der Waals surface area (Å²) in [4.78, 5) is 27.0. The first kappa shape index (κ1) is 9.59. The number of aromatic hydroxyl groups is 1. The highest BCUT2D eigenvalue weighted by atomic mass is 16.4. The summed E-state index contributed by atoms with van der Waals surface area (Å²) in [5.41, 5.74) is -1.24. The lowest BCUT2D eigenvalue weighted by atomic mass is 10.3. The monoisotopic (exact) mass is 229 g/mol. The second-order valence-corrected chi connectivity index (χ2v) is 3.39. The summed E-state index contributed by atoms with van der Waals surface area (Å²) in [7, 11) is 0. The Hall–Kier alpha value is -2.63. The standard InChI is InChI=1S/C11H5N2O4/c14-6-5-8(15)17-10-9(6)11(16)13-4-2-1-3-7(13)12-10/h1-4,14H/q-1. The van der Waals surface area contributed by atoms with E-state index in [0.717, 1.165) is 0 Å². The van der Waals surface area contributed by atoms with Crippen LogP contribution in [0.1, 0.15) is 0 Å². The maximum Gasteiger partial charge on any atom is 0.246 e. The summed E-state index contributed by atoms with van der Waals surface area (Å²) in [6.07, 6.45) is 1.51. The maximum atomic E-state index is 12.0. The Labute approximate surface area is 93.4 Å². The molecule has 0 spiro atoms. The quantitative estimate of drug-likeness (QED) is 0.443. The van der Waals surface area contributed by atoms with Crippen LogP contribution in [-0.2, 0) is 0 Å². The molecule has 1 N–H and O–H groups in total. The normalized spacial score (nSPS) is 11.1. The molecule has 6 nitrogen and oxygen atoms in total. The molecule has 0 amide bonds. The molecule has 6 heteroatoms. The molecule has 3 rings (SSSR count). The molecule has 0 aliphatic heterocycles. The summed E-state index contributed by atoms with van der Waals surface area (Å²) in [5, 5.41) is 9.36. The van der Waals surface area contributed by atoms with Gasteiger partial charge in [-0.2, -0.15) is 0 Å². The van der Waals surface area contributed by atoms with Crippen LogP contribution >= 0.6 is 0 Å². The SMILES string of the molecule is O=c1[c-]c(O)c2c(=O)n3ccccc3nc2o1. The van der Waals surface area contributed by atoms with Crippen LogP contribution in [0.3, 0.4) is 0 Å². The van der Waals surface area contributed by atoms with Crippen LogP contribution in [0.15, 0.2) is 38.4 Å². The smallest absolute Gasteiger partial charge is 0.246 e. The first-order valence-corrected chi connectivity index (χ1v) is 4.73. The molecule has 0 fully saturated rings. The fraction of sp³-hybridized carbons (Fsp3) is 0. The Kier molecular flexibility index (Phi) is 1.79. The van der Waals surface area contributed by atoms with Gasteiger partial charge in [0.05, 0.1) is 0 Å². The second-order valence-electron chi connectivity index (χ2n) is 3.39. The molecule has 0 bridgehead atoms. The summed E-state index contributed by atoms with van der Waals surface area (Å²) < 4.78 is 5.98. The molecule has 3 heterocycles. The minimum Gasteiger partial charge on any atom is -0.545 e. The van der Waals surface area contributed by atoms with Gasteiger partial charge >= 0.3 is 0 Å². The summed E-state index contributed by atoms with van der Waals surface area (Å²) in [5.74, 6) is -0.549. The van der Waals surface area contributed by atoms with Gasteiger partial charge < -0.3 is 9.52 Å². The van der Waals surface area contributed by atoms with E-state index in [-0.39, 0.29) is 11.1 Å². The number of hydrogen-bond donors (Lipinski definition) is 1. The molecule has 17 heavy (non-hydrogen) atoms. The van der Waals surface area contributed by atoms with Crippen LogP contribution < -0.4 is 11.2 Å². The minimum atomic E-state index is -0.873. The van der Waals surface area contributed by atoms with Crippen molar-refractivity contribution in [1.29, 1.82) is 0 Å². The van der Waals surface area contributed by atoms with E-state index in [4.69, 9.17) is 4.42 Å². The van der Waals surface area contributed by atoms with Gasteiger partial charge in [0.25, 0.3) is 0 Å². The van der Waals surface area contributed by atoms with Crippen LogP contribution in [-0.4, -0.2) is 14.5 Å². The Morgan fingerprint density at radius 2 is 2.18 bits per heavy atom. The fourth-order valence-electron chi connectivity index (χ4n) is 1.62. The predicted molar refractivity (Wildman–Crippen MR) is 58.0 cm³/mol. The number of rotatable bonds is 0. The van der Waals surface area contributed by atoms with Gasteiger partial charge in [-0.05, 0) is 23.3 Å². The molecule has 0 saturated heterocycles. The Balaban J connectivity index is 2.69. The molecule has 0 aliphatic rings. The average molecular weight is 229 g/mol. The maximum absolute atomic E-state index is 12.0. The van der Waals surface area contributed by atoms with Crippen molar-refractivity contribution in [3.63, 3.8) is 0 Å². The van der Waals surface area contributed by atoms with Crippen LogP contribution in [0.4, 0.5) is 0 Å². The number of aromatic nitrogens is 2. The lowest BCUT2D eigenvalue weighted by molar-refractivity contribution is 0.463. The van der Waals surface area contributed by atoms with E-state index in [1.54, 1.807) is 18.2 Å². The molecule has 84 valence electrons. The predicted octanol–water partition coefficient (Wildman–Crippen LogP) is 0.307. The van der Waals surface area contributed by atoms with Crippen molar-refractivity contribution in [2.24, 2.45) is 0 Å². The molecule has 0 saturated carbocycles. The van der Waals surface area contributed by atoms with Gasteiger partial charge in [0, 0.05) is 6.20 Å². The highest BCUT2D eigenvalue weighted by Crippen LogP contribution is 2.16. The average Bonchev–Trinajstić information content (AvgIpc) is 2.28. The third-order valence-corrected chi connectivity index (χ3v) is 2.35. The Morgan fingerprint density at radius 3 is 3.00 bits per heavy atom. The molecule has 0 aliphatic carbocycles. The first-order valence-electron chi connectivity index (χ1n) is 4.73. The van der Waals surface area contributed by atoms with Gasteiger partial charge in [-0.25, -0.2) is 4.98 Å². The molecule has 3 aromatic rings. The summed E-state index contributed by atoms with van der Waals surface area (Å²) in [6.45, 7) is 0. The fourth-order valence-corrected chi connectivity index (χ4v) is 1.62. The van der Waals surface area contributed by atoms with Crippen LogP contribution in [0, 0.1) is 6.07 Å². The van der Waals surface area contributed by atoms with Gasteiger partial charge in [-0.15, -0.1) is 6.07 Å². The molecule has 3 aromatic heterocycles. The zero-order valence-corrected chi connectivity index (χ0v) is 8.38. The molecule has 0 unspecified atom stereocenters. The van der Waals surface area contributed by atoms with Crippen molar-refractivity contribution in [3.8, 4) is 5.75 Å². The third-order valence-electron chi connectivity index (χ3n) is 2.35. The highest BCUT2D eigenvalue weighted by Gasteiger charge is 2.03. The van der Waals surface area contributed by atoms with E-state index in [0.29, 0.717) is 5.65 Å². The highest BCUT2D eigenvalue weighted by molar-refractivity contribution is 5.79. The topological polar surface area (TPSA) is 84.8 Å². The van der Waals surface area contributed by atoms with Crippen molar-refractivity contribution < 1.29 is 9.52 Å². The van der Waals surface area contributed by atoms with E-state index >= 15 is 0 Å². The molecule has 0 radical (unpaired) electrons. The van der Waals surface area contributed by atoms with E-state index in [1.165, 1.54) is 10.6 Å². The molecule has 0 aromatic carbocycles. The Bertz CT molecular complexity index is 847. The lowest BCUT2D eigenvalue weighted by Crippen LogP contribution is -2.16. The Morgan fingerprint density at radius 1 is 1.35 bits per heavy atom. The van der Waals surface area contributed by atoms with Crippen molar-refractivity contribution in [2.45, 2.75) is 0 Å². The van der Waals surface area contributed by atoms with Crippen LogP contribution in [0.2, 0.25) is 0 Å². The zero-order valence-electron chi connectivity index (χ0n) is 8.38. The van der Waals surface area contributed by atoms with Crippen molar-refractivity contribution in [2.75, 3.05) is 0 Å². The molecular weight excluding hydrogens is 224 g/mol. The van der Waals surface area contributed by atoms with E-state index in [2.05, 4.69) is 4.98 Å². The van der Waals surface area contributed by atoms with Crippen molar-refractivity contribution in [1.82, 2.24) is 9.38 Å². The van der Waals surface area contributed by atoms with Gasteiger partial charge in [-0.3, -0.25) is 14.0 Å². The van der Waals surface area contributed by atoms with Gasteiger partial charge in [0.15, 0.2) is 11.3 Å². The largest absolute Gasteiger partial charge is 0.545 e. The van der Waals surface area contributed by atoms with Crippen molar-refractivity contribution in [3.05, 3.63) is 51.2 Å².